The van der Waals surface area contributed by atoms with Crippen LogP contribution < -0.4 is 37.6 Å². The highest BCUT2D eigenvalue weighted by Gasteiger charge is 2.45. The summed E-state index contributed by atoms with van der Waals surface area (Å²) in [7, 11) is 0. The smallest absolute Gasteiger partial charge is 0.405 e. The van der Waals surface area contributed by atoms with E-state index in [2.05, 4.69) is 31.3 Å². The van der Waals surface area contributed by atoms with Crippen molar-refractivity contribution in [3.8, 4) is 5.69 Å². The van der Waals surface area contributed by atoms with Gasteiger partial charge in [0.15, 0.2) is 5.69 Å². The molecule has 1 saturated heterocycles. The number of piperidine rings is 1. The van der Waals surface area contributed by atoms with Crippen LogP contribution in [0, 0.1) is 0 Å². The zero-order chi connectivity index (χ0) is 45.5. The number of anilines is 3. The summed E-state index contributed by atoms with van der Waals surface area (Å²) in [4.78, 5) is 81.4. The first-order valence-corrected chi connectivity index (χ1v) is 19.8. The van der Waals surface area contributed by atoms with Gasteiger partial charge in [0.1, 0.15) is 30.4 Å². The quantitative estimate of drug-likeness (QED) is 0.0546. The first kappa shape index (κ1) is 44.7. The molecule has 0 saturated carbocycles. The lowest BCUT2D eigenvalue weighted by atomic mass is 10.0. The molecule has 8 N–H and O–H groups in total. The number of halogens is 3. The fourth-order valence-corrected chi connectivity index (χ4v) is 7.16. The van der Waals surface area contributed by atoms with E-state index in [-0.39, 0.29) is 59.0 Å². The number of nitrogens with one attached hydrogen (secondary N) is 4. The lowest BCUT2D eigenvalue weighted by Gasteiger charge is -2.27. The summed E-state index contributed by atoms with van der Waals surface area (Å²) in [6.07, 6.45) is -1.75. The second-order valence-corrected chi connectivity index (χ2v) is 14.5. The summed E-state index contributed by atoms with van der Waals surface area (Å²) < 4.78 is 56.9. The lowest BCUT2D eigenvalue weighted by Crippen LogP contribution is -2.54. The highest BCUT2D eigenvalue weighted by Crippen LogP contribution is 2.39. The summed E-state index contributed by atoms with van der Waals surface area (Å²) in [5, 5.41) is 15.1. The topological polar surface area (TPSA) is 267 Å². The molecule has 7 rings (SSSR count). The average Bonchev–Trinajstić information content (AvgIpc) is 3.97. The number of rotatable bonds is 20. The van der Waals surface area contributed by atoms with Crippen LogP contribution in [-0.2, 0) is 35.1 Å². The molecule has 2 aromatic heterocycles. The van der Waals surface area contributed by atoms with Crippen LogP contribution in [0.1, 0.15) is 61.4 Å². The van der Waals surface area contributed by atoms with Crippen LogP contribution in [0.3, 0.4) is 0 Å². The minimum atomic E-state index is -4.50. The maximum Gasteiger partial charge on any atom is 0.405 e. The molecule has 2 aromatic carbocycles. The number of hydrogen-bond donors (Lipinski definition) is 6. The molecule has 3 aliphatic rings. The number of aromatic nitrogens is 3. The fraction of sp³-hybridized carbons (Fsp3) is 0.317. The zero-order valence-electron chi connectivity index (χ0n) is 33.9. The molecule has 6 amide bonds. The van der Waals surface area contributed by atoms with Gasteiger partial charge in [-0.25, -0.2) is 9.67 Å². The highest BCUT2D eigenvalue weighted by atomic mass is 19.4. The van der Waals surface area contributed by atoms with Crippen molar-refractivity contribution >= 4 is 52.6 Å². The van der Waals surface area contributed by atoms with Crippen LogP contribution >= 0.6 is 0 Å². The zero-order valence-corrected chi connectivity index (χ0v) is 33.9. The summed E-state index contributed by atoms with van der Waals surface area (Å²) in [6.45, 7) is 1.34. The minimum absolute atomic E-state index is 0.0330. The molecule has 2 unspecified atom stereocenters. The molecule has 20 nitrogen and oxygen atoms in total. The molecular weight excluding hydrogens is 848 g/mol. The monoisotopic (exact) mass is 889 g/mol. The Kier molecular flexibility index (Phi) is 13.5. The lowest BCUT2D eigenvalue weighted by molar-refractivity contribution is -0.136. The normalized spacial score (nSPS) is 17.3. The standard InChI is InChI=1S/C41H42F3N11O9/c42-41(43,44)22-50-31-18-24(10-11-49-31)40-54(30(21-64-40)35(45)57)29-20-53(52-34(29)36(46)58)25-6-4-23(5-7-25)19-47-12-14-62-16-17-63-15-13-48-27-3-1-2-26-33(27)39(61)55(38(26)60)28-8-9-32(56)51-37(28)59/h1-7,10-11,18,20-21,28,40,47-48H,8-9,12-17,19,22H2,(H2,45,57)(H2,46,58)(H,49,50)(H,51,56,59). The maximum atomic E-state index is 13.2. The first-order valence-electron chi connectivity index (χ1n) is 19.8. The van der Waals surface area contributed by atoms with Crippen molar-refractivity contribution in [3.05, 3.63) is 107 Å². The molecule has 1 fully saturated rings. The number of hydrogen-bond acceptors (Lipinski definition) is 15. The van der Waals surface area contributed by atoms with E-state index in [4.69, 9.17) is 25.7 Å². The van der Waals surface area contributed by atoms with Crippen molar-refractivity contribution in [2.75, 3.05) is 61.6 Å². The summed E-state index contributed by atoms with van der Waals surface area (Å²) in [5.74, 6) is -4.24. The van der Waals surface area contributed by atoms with Crippen molar-refractivity contribution in [2.45, 2.75) is 37.8 Å². The van der Waals surface area contributed by atoms with E-state index in [1.807, 2.05) is 12.1 Å². The number of primary amides is 2. The number of nitrogens with zero attached hydrogens (tertiary/aromatic N) is 5. The molecule has 0 radical (unpaired) electrons. The Morgan fingerprint density at radius 1 is 0.906 bits per heavy atom. The van der Waals surface area contributed by atoms with Gasteiger partial charge in [-0.3, -0.25) is 43.9 Å². The molecule has 64 heavy (non-hydrogen) atoms. The first-order chi connectivity index (χ1) is 30.7. The third-order valence-electron chi connectivity index (χ3n) is 10.1. The molecule has 23 heteroatoms. The van der Waals surface area contributed by atoms with E-state index in [0.29, 0.717) is 50.8 Å². The van der Waals surface area contributed by atoms with E-state index in [1.54, 1.807) is 24.3 Å². The van der Waals surface area contributed by atoms with Gasteiger partial charge < -0.3 is 41.6 Å². The van der Waals surface area contributed by atoms with E-state index in [0.717, 1.165) is 16.7 Å². The Morgan fingerprint density at radius 2 is 1.66 bits per heavy atom. The van der Waals surface area contributed by atoms with Gasteiger partial charge in [-0.1, -0.05) is 18.2 Å². The van der Waals surface area contributed by atoms with Crippen LogP contribution in [0.25, 0.3) is 5.69 Å². The Bertz CT molecular complexity index is 2480. The maximum absolute atomic E-state index is 13.2. The predicted octanol–water partition coefficient (Wildman–Crippen LogP) is 1.84. The number of fused-ring (bicyclic) bond motifs is 1. The number of carbonyl (C=O) groups is 6. The number of alkyl halides is 3. The molecule has 0 spiro atoms. The molecule has 2 atom stereocenters. The molecule has 3 aliphatic heterocycles. The van der Waals surface area contributed by atoms with Crippen LogP contribution in [0.2, 0.25) is 0 Å². The number of ether oxygens (including phenoxy) is 3. The Morgan fingerprint density at radius 3 is 2.36 bits per heavy atom. The number of carbonyl (C=O) groups excluding carboxylic acids is 6. The van der Waals surface area contributed by atoms with Gasteiger partial charge in [-0.05, 0) is 48.4 Å². The Balaban J connectivity index is 0.848. The average molecular weight is 890 g/mol. The number of pyridine rings is 1. The third-order valence-corrected chi connectivity index (χ3v) is 10.1. The largest absolute Gasteiger partial charge is 0.471 e. The fourth-order valence-electron chi connectivity index (χ4n) is 7.16. The minimum Gasteiger partial charge on any atom is -0.471 e. The van der Waals surface area contributed by atoms with E-state index in [9.17, 15) is 41.9 Å². The SMILES string of the molecule is NC(=O)C1=COC(c2ccnc(NCC(F)(F)F)c2)N1c1cn(-c2ccc(CNCCOCCOCCNc3cccc4c3C(=O)N(C3CCC(=O)NC3=O)C4=O)cc2)nc1C(N)=O. The summed E-state index contributed by atoms with van der Waals surface area (Å²) in [5.41, 5.74) is 13.5. The van der Waals surface area contributed by atoms with Gasteiger partial charge in [0.2, 0.25) is 18.0 Å². The summed E-state index contributed by atoms with van der Waals surface area (Å²) >= 11 is 0. The van der Waals surface area contributed by atoms with Crippen molar-refractivity contribution in [3.63, 3.8) is 0 Å². The number of benzene rings is 2. The third kappa shape index (κ3) is 10.1. The van der Waals surface area contributed by atoms with Crippen LogP contribution in [0.15, 0.2) is 79.0 Å². The van der Waals surface area contributed by atoms with Gasteiger partial charge in [-0.2, -0.15) is 18.3 Å². The van der Waals surface area contributed by atoms with E-state index < -0.39 is 60.4 Å². The molecular formula is C41H42F3N11O9. The van der Waals surface area contributed by atoms with Crippen molar-refractivity contribution in [2.24, 2.45) is 11.5 Å². The van der Waals surface area contributed by atoms with Gasteiger partial charge in [-0.15, -0.1) is 0 Å². The van der Waals surface area contributed by atoms with Gasteiger partial charge >= 0.3 is 6.18 Å². The van der Waals surface area contributed by atoms with Crippen LogP contribution in [0.5, 0.6) is 0 Å². The number of amides is 6. The second kappa shape index (κ2) is 19.3. The van der Waals surface area contributed by atoms with Crippen LogP contribution in [0.4, 0.5) is 30.4 Å². The number of nitrogens with two attached hydrogens (primary N) is 2. The molecule has 4 aromatic rings. The van der Waals surface area contributed by atoms with Crippen LogP contribution in [-0.4, -0.2) is 113 Å². The second-order valence-electron chi connectivity index (χ2n) is 14.5. The van der Waals surface area contributed by atoms with E-state index in [1.165, 1.54) is 40.2 Å². The van der Waals surface area contributed by atoms with Crippen molar-refractivity contribution in [1.29, 1.82) is 0 Å². The highest BCUT2D eigenvalue weighted by molar-refractivity contribution is 6.25. The molecule has 0 bridgehead atoms. The Hall–Kier alpha value is -7.37. The van der Waals surface area contributed by atoms with Gasteiger partial charge in [0.05, 0.1) is 55.1 Å². The van der Waals surface area contributed by atoms with Crippen molar-refractivity contribution in [1.82, 2.24) is 30.3 Å². The molecule has 336 valence electrons. The van der Waals surface area contributed by atoms with E-state index >= 15 is 0 Å². The summed E-state index contributed by atoms with van der Waals surface area (Å²) in [6, 6.07) is 13.7. The van der Waals surface area contributed by atoms with Gasteiger partial charge in [0.25, 0.3) is 23.6 Å². The van der Waals surface area contributed by atoms with Crippen molar-refractivity contribution < 1.29 is 56.1 Å². The molecule has 5 heterocycles. The van der Waals surface area contributed by atoms with Gasteiger partial charge in [0, 0.05) is 43.5 Å². The molecule has 0 aliphatic carbocycles. The Labute approximate surface area is 362 Å². The predicted molar refractivity (Wildman–Crippen MR) is 219 cm³/mol. The number of imide groups is 2.